The minimum absolute atomic E-state index is 0.0621. The molecule has 2 aliphatic heterocycles. The quantitative estimate of drug-likeness (QED) is 0.231. The van der Waals surface area contributed by atoms with E-state index in [-0.39, 0.29) is 53.2 Å². The lowest BCUT2D eigenvalue weighted by Gasteiger charge is -2.52. The Labute approximate surface area is 260 Å². The first-order chi connectivity index (χ1) is 22.0. The molecule has 0 radical (unpaired) electrons. The highest BCUT2D eigenvalue weighted by Gasteiger charge is 2.68. The van der Waals surface area contributed by atoms with Crippen LogP contribution < -0.4 is 9.64 Å². The van der Waals surface area contributed by atoms with Crippen molar-refractivity contribution in [3.8, 4) is 5.75 Å². The highest BCUT2D eigenvalue weighted by Crippen LogP contribution is 2.64. The van der Waals surface area contributed by atoms with Gasteiger partial charge in [0.15, 0.2) is 0 Å². The Morgan fingerprint density at radius 3 is 1.98 bits per heavy atom. The van der Waals surface area contributed by atoms with Gasteiger partial charge in [0.2, 0.25) is 11.8 Å². The summed E-state index contributed by atoms with van der Waals surface area (Å²) in [5.74, 6) is -2.89. The fourth-order valence-electron chi connectivity index (χ4n) is 9.36. The van der Waals surface area contributed by atoms with Crippen LogP contribution in [0.1, 0.15) is 47.9 Å². The predicted molar refractivity (Wildman–Crippen MR) is 165 cm³/mol. The summed E-state index contributed by atoms with van der Waals surface area (Å²) in [5, 5.41) is 5.74. The number of hydrazone groups is 1. The van der Waals surface area contributed by atoms with Gasteiger partial charge in [-0.2, -0.15) is 10.1 Å². The van der Waals surface area contributed by atoms with Gasteiger partial charge >= 0.3 is 0 Å². The van der Waals surface area contributed by atoms with E-state index in [4.69, 9.17) is 9.84 Å². The predicted octanol–water partition coefficient (Wildman–Crippen LogP) is 4.82. The van der Waals surface area contributed by atoms with Crippen LogP contribution in [0.3, 0.4) is 0 Å². The molecule has 10 rings (SSSR count). The number of carbonyl (C=O) groups is 4. The molecule has 45 heavy (non-hydrogen) atoms. The van der Waals surface area contributed by atoms with Crippen molar-refractivity contribution in [2.45, 2.75) is 31.1 Å². The molecule has 4 bridgehead atoms. The first-order valence-electron chi connectivity index (χ1n) is 15.9. The van der Waals surface area contributed by atoms with Gasteiger partial charge in [-0.1, -0.05) is 67.6 Å². The zero-order valence-corrected chi connectivity index (χ0v) is 24.7. The number of fused-ring (bicyclic) bond motifs is 5. The number of benzene rings is 3. The third kappa shape index (κ3) is 3.29. The standard InChI is InChI=1S/C37H31N3O5/c1-2-17-45-23-15-13-22(14-16-23)39-33(41)31-30-24-7-3-5-9-26(24)37(32(31)36(39)44,27-10-6-4-8-25(27)30)19-38-40-34(42)28-20-11-12-21(18-20)29(28)35(40)43/h3-16,19-21,28-32H,2,17-18H2,1H3/b38-19-/t20-,21-,28-,29+,30?,31+,32+,37?/m0/s1. The second-order valence-electron chi connectivity index (χ2n) is 13.1. The molecule has 224 valence electrons. The summed E-state index contributed by atoms with van der Waals surface area (Å²) in [6, 6.07) is 22.9. The molecular formula is C37H31N3O5. The lowest BCUT2D eigenvalue weighted by atomic mass is 9.47. The molecule has 8 heteroatoms. The Kier molecular flexibility index (Phi) is 5.50. The van der Waals surface area contributed by atoms with Crippen LogP contribution in [0.15, 0.2) is 90.0 Å². The van der Waals surface area contributed by atoms with Gasteiger partial charge in [0.05, 0.1) is 41.4 Å². The SMILES string of the molecule is CCCOc1ccc(N2C(=O)[C@@H]3C4c5ccccc5C(/C=N\N5C(=O)[C@@H]6[C@H](C5=O)[C@H]5C=C[C@H]6C5)(c5ccccc54)[C@H]3C2=O)cc1. The number of carbonyl (C=O) groups excluding carboxylic acids is 4. The van der Waals surface area contributed by atoms with Crippen LogP contribution in [0.4, 0.5) is 5.69 Å². The molecule has 5 aliphatic carbocycles. The van der Waals surface area contributed by atoms with Crippen molar-refractivity contribution in [3.05, 3.63) is 107 Å². The monoisotopic (exact) mass is 597 g/mol. The minimum atomic E-state index is -1.16. The van der Waals surface area contributed by atoms with Gasteiger partial charge in [-0.25, -0.2) is 4.90 Å². The van der Waals surface area contributed by atoms with Gasteiger partial charge < -0.3 is 4.74 Å². The molecule has 0 aromatic heterocycles. The Morgan fingerprint density at radius 1 is 0.778 bits per heavy atom. The number of hydrogen-bond donors (Lipinski definition) is 0. The molecule has 7 aliphatic rings. The van der Waals surface area contributed by atoms with Crippen LogP contribution >= 0.6 is 0 Å². The molecular weight excluding hydrogens is 566 g/mol. The lowest BCUT2D eigenvalue weighted by Crippen LogP contribution is -2.55. The summed E-state index contributed by atoms with van der Waals surface area (Å²) in [4.78, 5) is 57.7. The molecule has 1 saturated carbocycles. The van der Waals surface area contributed by atoms with Crippen LogP contribution in [0.5, 0.6) is 5.75 Å². The molecule has 0 unspecified atom stereocenters. The lowest BCUT2D eigenvalue weighted by molar-refractivity contribution is -0.140. The molecule has 3 aromatic rings. The number of hydrogen-bond acceptors (Lipinski definition) is 6. The maximum absolute atomic E-state index is 14.7. The number of anilines is 1. The Bertz CT molecular complexity index is 1800. The van der Waals surface area contributed by atoms with Crippen molar-refractivity contribution in [1.82, 2.24) is 5.01 Å². The summed E-state index contributed by atoms with van der Waals surface area (Å²) in [6.45, 7) is 2.61. The second kappa shape index (κ2) is 9.33. The maximum atomic E-state index is 14.7. The van der Waals surface area contributed by atoms with Crippen LogP contribution in [0.25, 0.3) is 0 Å². The smallest absolute Gasteiger partial charge is 0.254 e. The zero-order chi connectivity index (χ0) is 30.6. The zero-order valence-electron chi connectivity index (χ0n) is 24.7. The minimum Gasteiger partial charge on any atom is -0.494 e. The van der Waals surface area contributed by atoms with Crippen molar-refractivity contribution >= 4 is 35.5 Å². The number of rotatable bonds is 6. The van der Waals surface area contributed by atoms with Gasteiger partial charge in [-0.3, -0.25) is 19.2 Å². The molecule has 6 atom stereocenters. The molecule has 0 spiro atoms. The van der Waals surface area contributed by atoms with E-state index in [1.807, 2.05) is 55.5 Å². The largest absolute Gasteiger partial charge is 0.494 e. The fraction of sp³-hybridized carbons (Fsp3) is 0.324. The van der Waals surface area contributed by atoms with Gasteiger partial charge in [-0.15, -0.1) is 0 Å². The Morgan fingerprint density at radius 2 is 1.38 bits per heavy atom. The van der Waals surface area contributed by atoms with Crippen molar-refractivity contribution in [1.29, 1.82) is 0 Å². The van der Waals surface area contributed by atoms with Crippen molar-refractivity contribution in [2.75, 3.05) is 11.5 Å². The maximum Gasteiger partial charge on any atom is 0.254 e. The summed E-state index contributed by atoms with van der Waals surface area (Å²) in [7, 11) is 0. The average Bonchev–Trinajstić information content (AvgIpc) is 3.82. The van der Waals surface area contributed by atoms with E-state index in [1.54, 1.807) is 30.5 Å². The number of amides is 4. The third-order valence-corrected chi connectivity index (χ3v) is 11.1. The van der Waals surface area contributed by atoms with Gasteiger partial charge in [0.25, 0.3) is 11.8 Å². The molecule has 0 N–H and O–H groups in total. The van der Waals surface area contributed by atoms with E-state index < -0.39 is 17.3 Å². The first-order valence-corrected chi connectivity index (χ1v) is 15.9. The molecule has 2 heterocycles. The van der Waals surface area contributed by atoms with E-state index in [2.05, 4.69) is 12.2 Å². The van der Waals surface area contributed by atoms with E-state index >= 15 is 0 Å². The van der Waals surface area contributed by atoms with Crippen LogP contribution in [-0.4, -0.2) is 41.5 Å². The summed E-state index contributed by atoms with van der Waals surface area (Å²) >= 11 is 0. The summed E-state index contributed by atoms with van der Waals surface area (Å²) in [5.41, 5.74) is 3.02. The third-order valence-electron chi connectivity index (χ3n) is 11.1. The van der Waals surface area contributed by atoms with Gasteiger partial charge in [0, 0.05) is 12.1 Å². The first kappa shape index (κ1) is 26.5. The molecule has 8 nitrogen and oxygen atoms in total. The van der Waals surface area contributed by atoms with Crippen molar-refractivity contribution in [3.63, 3.8) is 0 Å². The van der Waals surface area contributed by atoms with Crippen molar-refractivity contribution in [2.24, 2.45) is 40.6 Å². The fourth-order valence-corrected chi connectivity index (χ4v) is 9.36. The summed E-state index contributed by atoms with van der Waals surface area (Å²) < 4.78 is 5.74. The topological polar surface area (TPSA) is 96.3 Å². The number of ether oxygens (including phenoxy) is 1. The highest BCUT2D eigenvalue weighted by atomic mass is 16.5. The number of allylic oxidation sites excluding steroid dienone is 2. The number of imide groups is 2. The Balaban J connectivity index is 1.19. The second-order valence-corrected chi connectivity index (χ2v) is 13.1. The molecule has 3 aromatic carbocycles. The van der Waals surface area contributed by atoms with Gasteiger partial charge in [0.1, 0.15) is 5.75 Å². The molecule has 3 fully saturated rings. The average molecular weight is 598 g/mol. The van der Waals surface area contributed by atoms with E-state index in [9.17, 15) is 19.2 Å². The van der Waals surface area contributed by atoms with E-state index in [0.29, 0.717) is 18.0 Å². The molecule has 4 amide bonds. The summed E-state index contributed by atoms with van der Waals surface area (Å²) in [6.07, 6.45) is 7.46. The van der Waals surface area contributed by atoms with Crippen molar-refractivity contribution < 1.29 is 23.9 Å². The Hall–Kier alpha value is -4.85. The number of nitrogens with zero attached hydrogens (tertiary/aromatic N) is 3. The van der Waals surface area contributed by atoms with Crippen LogP contribution in [-0.2, 0) is 24.6 Å². The highest BCUT2D eigenvalue weighted by molar-refractivity contribution is 6.25. The molecule has 2 saturated heterocycles. The van der Waals surface area contributed by atoms with E-state index in [1.165, 1.54) is 4.90 Å². The van der Waals surface area contributed by atoms with Crippen LogP contribution in [0.2, 0.25) is 0 Å². The van der Waals surface area contributed by atoms with Crippen LogP contribution in [0, 0.1) is 35.5 Å². The van der Waals surface area contributed by atoms with E-state index in [0.717, 1.165) is 40.1 Å². The van der Waals surface area contributed by atoms with Gasteiger partial charge in [-0.05, 0) is 71.2 Å². The normalized spacial score (nSPS) is 33.3.